The topological polar surface area (TPSA) is 30.2 Å². The lowest BCUT2D eigenvalue weighted by atomic mass is 10.2. The van der Waals surface area contributed by atoms with Gasteiger partial charge in [0.05, 0.1) is 0 Å². The van der Waals surface area contributed by atoms with Crippen LogP contribution in [0.15, 0.2) is 11.1 Å². The van der Waals surface area contributed by atoms with Crippen LogP contribution in [0.25, 0.3) is 6.08 Å². The number of hydrogen-bond acceptors (Lipinski definition) is 2. The van der Waals surface area contributed by atoms with Crippen molar-refractivity contribution in [3.8, 4) is 0 Å². The molecule has 1 heterocycles. The molecule has 3 nitrogen and oxygen atoms in total. The van der Waals surface area contributed by atoms with Gasteiger partial charge in [0.1, 0.15) is 11.5 Å². The minimum absolute atomic E-state index is 0.351. The molecule has 0 saturated heterocycles. The van der Waals surface area contributed by atoms with Crippen LogP contribution < -0.4 is 0 Å². The molecule has 0 fully saturated rings. The number of hydrogen-bond donors (Lipinski definition) is 0. The molecule has 0 aliphatic rings. The maximum absolute atomic E-state index is 4.63. The maximum Gasteiger partial charge on any atom is 0.159 e. The van der Waals surface area contributed by atoms with Gasteiger partial charge in [-0.15, -0.1) is 0 Å². The molecule has 0 saturated carbocycles. The summed E-state index contributed by atoms with van der Waals surface area (Å²) in [5.41, 5.74) is 0.912. The van der Waals surface area contributed by atoms with Gasteiger partial charge in [-0.3, -0.25) is 0 Å². The first-order chi connectivity index (χ1) is 7.52. The molecular weight excluding hydrogens is 198 g/mol. The highest BCUT2D eigenvalue weighted by molar-refractivity contribution is 5.60. The molecule has 0 amide bonds. The summed E-state index contributed by atoms with van der Waals surface area (Å²) < 4.78 is 2.16. The second kappa shape index (κ2) is 5.10. The molecule has 88 valence electrons. The van der Waals surface area contributed by atoms with Crippen LogP contribution in [0, 0.1) is 0 Å². The third-order valence-corrected chi connectivity index (χ3v) is 2.45. The number of aromatic nitrogens is 2. The number of nitrogens with zero attached hydrogens (tertiary/aromatic N) is 3. The fraction of sp³-hybridized carbons (Fsp3) is 0.538. The molecule has 0 N–H and O–H groups in total. The normalized spacial score (nSPS) is 11.9. The summed E-state index contributed by atoms with van der Waals surface area (Å²) in [5.74, 6) is 2.34. The summed E-state index contributed by atoms with van der Waals surface area (Å²) in [6.07, 6.45) is 3.96. The van der Waals surface area contributed by atoms with Gasteiger partial charge in [0.15, 0.2) is 5.82 Å². The molecule has 0 aromatic carbocycles. The number of imidazole rings is 1. The Labute approximate surface area is 97.9 Å². The third kappa shape index (κ3) is 2.23. The zero-order chi connectivity index (χ0) is 12.3. The van der Waals surface area contributed by atoms with Crippen LogP contribution in [-0.4, -0.2) is 16.3 Å². The van der Waals surface area contributed by atoms with Gasteiger partial charge in [-0.25, -0.2) is 9.98 Å². The Balaban J connectivity index is 3.45. The molecule has 16 heavy (non-hydrogen) atoms. The molecule has 0 radical (unpaired) electrons. The van der Waals surface area contributed by atoms with E-state index in [0.29, 0.717) is 12.0 Å². The van der Waals surface area contributed by atoms with Crippen molar-refractivity contribution in [2.75, 3.05) is 0 Å². The van der Waals surface area contributed by atoms with E-state index in [1.807, 2.05) is 19.1 Å². The van der Waals surface area contributed by atoms with Crippen LogP contribution in [0.4, 0.5) is 5.82 Å². The van der Waals surface area contributed by atoms with Gasteiger partial charge in [0.25, 0.3) is 0 Å². The zero-order valence-corrected chi connectivity index (χ0v) is 10.9. The SMILES string of the molecule is C=Nc1c(/C=C\C)nc(C(C)C)n1C(C)C. The lowest BCUT2D eigenvalue weighted by Crippen LogP contribution is -2.07. The fourth-order valence-electron chi connectivity index (χ4n) is 1.80. The van der Waals surface area contributed by atoms with Gasteiger partial charge in [-0.1, -0.05) is 19.9 Å². The Morgan fingerprint density at radius 3 is 2.31 bits per heavy atom. The van der Waals surface area contributed by atoms with Crippen molar-refractivity contribution in [1.82, 2.24) is 9.55 Å². The first-order valence-electron chi connectivity index (χ1n) is 5.74. The van der Waals surface area contributed by atoms with Gasteiger partial charge in [0, 0.05) is 12.0 Å². The second-order valence-electron chi connectivity index (χ2n) is 4.46. The summed E-state index contributed by atoms with van der Waals surface area (Å²) in [5, 5.41) is 0. The van der Waals surface area contributed by atoms with E-state index in [4.69, 9.17) is 0 Å². The van der Waals surface area contributed by atoms with Gasteiger partial charge < -0.3 is 4.57 Å². The first-order valence-corrected chi connectivity index (χ1v) is 5.74. The number of allylic oxidation sites excluding steroid dienone is 1. The van der Waals surface area contributed by atoms with E-state index >= 15 is 0 Å². The molecule has 0 spiro atoms. The van der Waals surface area contributed by atoms with Crippen molar-refractivity contribution >= 4 is 18.6 Å². The quantitative estimate of drug-likeness (QED) is 0.705. The average Bonchev–Trinajstić information content (AvgIpc) is 2.57. The van der Waals surface area contributed by atoms with Crippen LogP contribution in [0.1, 0.15) is 58.1 Å². The predicted octanol–water partition coefficient (Wildman–Crippen LogP) is 3.95. The van der Waals surface area contributed by atoms with E-state index < -0.39 is 0 Å². The molecule has 3 heteroatoms. The Bertz CT molecular complexity index is 398. The molecule has 0 bridgehead atoms. The molecule has 0 aliphatic carbocycles. The van der Waals surface area contributed by atoms with Crippen LogP contribution >= 0.6 is 0 Å². The van der Waals surface area contributed by atoms with Gasteiger partial charge in [-0.05, 0) is 33.6 Å². The van der Waals surface area contributed by atoms with Crippen LogP contribution in [-0.2, 0) is 0 Å². The average molecular weight is 219 g/mol. The highest BCUT2D eigenvalue weighted by Crippen LogP contribution is 2.30. The van der Waals surface area contributed by atoms with Crippen molar-refractivity contribution in [2.24, 2.45) is 4.99 Å². The van der Waals surface area contributed by atoms with Crippen LogP contribution in [0.3, 0.4) is 0 Å². The van der Waals surface area contributed by atoms with E-state index in [1.165, 1.54) is 0 Å². The van der Waals surface area contributed by atoms with Crippen molar-refractivity contribution in [1.29, 1.82) is 0 Å². The first kappa shape index (κ1) is 12.7. The van der Waals surface area contributed by atoms with Crippen molar-refractivity contribution < 1.29 is 0 Å². The van der Waals surface area contributed by atoms with Gasteiger partial charge in [0.2, 0.25) is 0 Å². The zero-order valence-electron chi connectivity index (χ0n) is 10.9. The summed E-state index contributed by atoms with van der Waals surface area (Å²) in [6.45, 7) is 14.2. The fourth-order valence-corrected chi connectivity index (χ4v) is 1.80. The molecule has 1 rings (SSSR count). The summed E-state index contributed by atoms with van der Waals surface area (Å²) >= 11 is 0. The predicted molar refractivity (Wildman–Crippen MR) is 70.6 cm³/mol. The lowest BCUT2D eigenvalue weighted by Gasteiger charge is -2.15. The Hall–Kier alpha value is -1.38. The molecule has 0 unspecified atom stereocenters. The van der Waals surface area contributed by atoms with E-state index in [0.717, 1.165) is 17.3 Å². The van der Waals surface area contributed by atoms with Crippen LogP contribution in [0.2, 0.25) is 0 Å². The smallest absolute Gasteiger partial charge is 0.159 e. The number of rotatable bonds is 4. The van der Waals surface area contributed by atoms with E-state index in [1.54, 1.807) is 0 Å². The van der Waals surface area contributed by atoms with Crippen LogP contribution in [0.5, 0.6) is 0 Å². The minimum atomic E-state index is 0.351. The Morgan fingerprint density at radius 2 is 1.94 bits per heavy atom. The van der Waals surface area contributed by atoms with E-state index in [2.05, 4.69) is 49.0 Å². The summed E-state index contributed by atoms with van der Waals surface area (Å²) in [7, 11) is 0. The standard InChI is InChI=1S/C13H21N3/c1-7-8-11-13(14-6)16(10(4)5)12(15-11)9(2)3/h7-10H,6H2,1-5H3/b8-7-. The van der Waals surface area contributed by atoms with Gasteiger partial charge >= 0.3 is 0 Å². The Morgan fingerprint density at radius 1 is 1.31 bits per heavy atom. The largest absolute Gasteiger partial charge is 0.310 e. The monoisotopic (exact) mass is 219 g/mol. The number of aliphatic imine (C=N–C) groups is 1. The molecule has 0 atom stereocenters. The maximum atomic E-state index is 4.63. The minimum Gasteiger partial charge on any atom is -0.310 e. The summed E-state index contributed by atoms with van der Waals surface area (Å²) in [4.78, 5) is 8.75. The summed E-state index contributed by atoms with van der Waals surface area (Å²) in [6, 6.07) is 0.351. The third-order valence-electron chi connectivity index (χ3n) is 2.45. The second-order valence-corrected chi connectivity index (χ2v) is 4.46. The van der Waals surface area contributed by atoms with E-state index in [-0.39, 0.29) is 0 Å². The van der Waals surface area contributed by atoms with Crippen molar-refractivity contribution in [3.05, 3.63) is 17.6 Å². The lowest BCUT2D eigenvalue weighted by molar-refractivity contribution is 0.553. The van der Waals surface area contributed by atoms with Gasteiger partial charge in [-0.2, -0.15) is 0 Å². The highest BCUT2D eigenvalue weighted by atomic mass is 15.2. The molecule has 0 aliphatic heterocycles. The van der Waals surface area contributed by atoms with Crippen molar-refractivity contribution in [3.63, 3.8) is 0 Å². The molecule has 1 aromatic rings. The highest BCUT2D eigenvalue weighted by Gasteiger charge is 2.18. The van der Waals surface area contributed by atoms with E-state index in [9.17, 15) is 0 Å². The Kier molecular flexibility index (Phi) is 4.05. The van der Waals surface area contributed by atoms with Crippen molar-refractivity contribution in [2.45, 2.75) is 46.6 Å². The molecule has 1 aromatic heterocycles. The molecular formula is C13H21N3.